The first-order valence-electron chi connectivity index (χ1n) is 9.54. The van der Waals surface area contributed by atoms with Crippen molar-refractivity contribution in [3.8, 4) is 0 Å². The fourth-order valence-corrected chi connectivity index (χ4v) is 2.65. The van der Waals surface area contributed by atoms with Gasteiger partial charge in [-0.3, -0.25) is 24.0 Å². The number of hydrogen-bond acceptors (Lipinski definition) is 7. The average Bonchev–Trinajstić information content (AvgIpc) is 3.17. The number of nitrogens with one attached hydrogen (secondary N) is 4. The molecular weight excluding hydrogens is 412 g/mol. The number of amides is 3. The fourth-order valence-electron chi connectivity index (χ4n) is 2.65. The number of carboxylic acids is 2. The largest absolute Gasteiger partial charge is 0.481 e. The van der Waals surface area contributed by atoms with Crippen LogP contribution in [0.15, 0.2) is 12.5 Å². The van der Waals surface area contributed by atoms with Gasteiger partial charge >= 0.3 is 11.9 Å². The molecule has 0 radical (unpaired) electrons. The van der Waals surface area contributed by atoms with Crippen molar-refractivity contribution in [1.29, 1.82) is 0 Å². The first kappa shape index (κ1) is 25.6. The van der Waals surface area contributed by atoms with Gasteiger partial charge in [-0.05, 0) is 12.3 Å². The lowest BCUT2D eigenvalue weighted by molar-refractivity contribution is -0.139. The Labute approximate surface area is 178 Å². The standard InChI is InChI=1S/C18H28N6O7/c1-9(2)3-12(17(30)21-7-15(27)28)24-18(31)13(4-10-6-20-8-22-10)23-16(29)11(19)5-14(25)26/h6,8-9,11-13H,3-5,7,19H2,1-2H3,(H,20,22)(H,21,30)(H,23,29)(H,24,31)(H,25,26)(H,27,28). The van der Waals surface area contributed by atoms with Crippen molar-refractivity contribution in [3.05, 3.63) is 18.2 Å². The van der Waals surface area contributed by atoms with Gasteiger partial charge in [-0.1, -0.05) is 13.8 Å². The second-order valence-electron chi connectivity index (χ2n) is 7.35. The van der Waals surface area contributed by atoms with Crippen LogP contribution < -0.4 is 21.7 Å². The van der Waals surface area contributed by atoms with Crippen molar-refractivity contribution >= 4 is 29.7 Å². The number of aromatic amines is 1. The smallest absolute Gasteiger partial charge is 0.322 e. The molecule has 1 heterocycles. The highest BCUT2D eigenvalue weighted by molar-refractivity contribution is 5.94. The van der Waals surface area contributed by atoms with Crippen molar-refractivity contribution in [1.82, 2.24) is 25.9 Å². The van der Waals surface area contributed by atoms with Gasteiger partial charge in [0.05, 0.1) is 18.8 Å². The van der Waals surface area contributed by atoms with E-state index in [-0.39, 0.29) is 18.8 Å². The molecule has 0 aromatic carbocycles. The zero-order chi connectivity index (χ0) is 23.6. The topological polar surface area (TPSA) is 217 Å². The number of imidazole rings is 1. The van der Waals surface area contributed by atoms with Crippen LogP contribution >= 0.6 is 0 Å². The van der Waals surface area contributed by atoms with Crippen molar-refractivity contribution in [2.75, 3.05) is 6.54 Å². The van der Waals surface area contributed by atoms with Crippen LogP contribution in [0.1, 0.15) is 32.4 Å². The summed E-state index contributed by atoms with van der Waals surface area (Å²) in [6, 6.07) is -3.60. The molecule has 0 bridgehead atoms. The molecule has 1 aromatic rings. The molecule has 0 aliphatic rings. The Morgan fingerprint density at radius 1 is 1.03 bits per heavy atom. The predicted octanol–water partition coefficient (Wildman–Crippen LogP) is -2.03. The number of carbonyl (C=O) groups is 5. The summed E-state index contributed by atoms with van der Waals surface area (Å²) in [5, 5.41) is 24.7. The van der Waals surface area contributed by atoms with Crippen molar-refractivity contribution in [2.24, 2.45) is 11.7 Å². The Morgan fingerprint density at radius 3 is 2.19 bits per heavy atom. The molecule has 3 amide bonds. The maximum Gasteiger partial charge on any atom is 0.322 e. The molecule has 0 aliphatic carbocycles. The number of H-pyrrole nitrogens is 1. The molecule has 13 heteroatoms. The average molecular weight is 440 g/mol. The summed E-state index contributed by atoms with van der Waals surface area (Å²) in [7, 11) is 0. The van der Waals surface area contributed by atoms with Gasteiger partial charge in [-0.2, -0.15) is 0 Å². The van der Waals surface area contributed by atoms with Crippen LogP contribution in [0, 0.1) is 5.92 Å². The molecule has 1 rings (SSSR count). The Hall–Kier alpha value is -3.48. The highest BCUT2D eigenvalue weighted by atomic mass is 16.4. The van der Waals surface area contributed by atoms with Gasteiger partial charge in [0.15, 0.2) is 0 Å². The van der Waals surface area contributed by atoms with E-state index in [0.29, 0.717) is 5.69 Å². The van der Waals surface area contributed by atoms with Gasteiger partial charge < -0.3 is 36.9 Å². The molecule has 13 nitrogen and oxygen atoms in total. The van der Waals surface area contributed by atoms with Crippen LogP contribution in [0.25, 0.3) is 0 Å². The molecule has 0 spiro atoms. The van der Waals surface area contributed by atoms with Crippen molar-refractivity contribution in [2.45, 2.75) is 51.2 Å². The molecule has 31 heavy (non-hydrogen) atoms. The van der Waals surface area contributed by atoms with E-state index < -0.39 is 60.8 Å². The second-order valence-corrected chi connectivity index (χ2v) is 7.35. The monoisotopic (exact) mass is 440 g/mol. The molecular formula is C18H28N6O7. The van der Waals surface area contributed by atoms with Gasteiger partial charge in [0, 0.05) is 18.3 Å². The minimum Gasteiger partial charge on any atom is -0.481 e. The lowest BCUT2D eigenvalue weighted by Crippen LogP contribution is -2.57. The van der Waals surface area contributed by atoms with Crippen LogP contribution in [0.5, 0.6) is 0 Å². The number of rotatable bonds is 13. The summed E-state index contributed by atoms with van der Waals surface area (Å²) in [6.45, 7) is 3.03. The maximum atomic E-state index is 12.9. The summed E-state index contributed by atoms with van der Waals surface area (Å²) in [5.41, 5.74) is 6.06. The molecule has 3 unspecified atom stereocenters. The Bertz CT molecular complexity index is 780. The number of nitrogens with zero attached hydrogens (tertiary/aromatic N) is 1. The van der Waals surface area contributed by atoms with Crippen LogP contribution in [0.2, 0.25) is 0 Å². The normalized spacial score (nSPS) is 13.7. The highest BCUT2D eigenvalue weighted by Gasteiger charge is 2.29. The van der Waals surface area contributed by atoms with E-state index in [2.05, 4.69) is 25.9 Å². The number of aliphatic carboxylic acids is 2. The third-order valence-corrected chi connectivity index (χ3v) is 4.10. The van der Waals surface area contributed by atoms with Gasteiger partial charge in [0.1, 0.15) is 18.6 Å². The summed E-state index contributed by atoms with van der Waals surface area (Å²) in [5.74, 6) is -4.77. The molecule has 0 saturated heterocycles. The highest BCUT2D eigenvalue weighted by Crippen LogP contribution is 2.07. The minimum atomic E-state index is -1.38. The zero-order valence-electron chi connectivity index (χ0n) is 17.3. The summed E-state index contributed by atoms with van der Waals surface area (Å²) in [4.78, 5) is 65.6. The van der Waals surface area contributed by atoms with Gasteiger partial charge in [-0.15, -0.1) is 0 Å². The molecule has 0 aliphatic heterocycles. The Morgan fingerprint density at radius 2 is 1.68 bits per heavy atom. The van der Waals surface area contributed by atoms with E-state index in [1.165, 1.54) is 12.5 Å². The van der Waals surface area contributed by atoms with Crippen LogP contribution in [0.3, 0.4) is 0 Å². The SMILES string of the molecule is CC(C)CC(NC(=O)C(Cc1cnc[nH]1)NC(=O)C(N)CC(=O)O)C(=O)NCC(=O)O. The van der Waals surface area contributed by atoms with E-state index in [4.69, 9.17) is 15.9 Å². The lowest BCUT2D eigenvalue weighted by atomic mass is 10.0. The summed E-state index contributed by atoms with van der Waals surface area (Å²) in [6.07, 6.45) is 2.39. The molecule has 0 fully saturated rings. The van der Waals surface area contributed by atoms with E-state index in [1.807, 2.05) is 13.8 Å². The quantitative estimate of drug-likeness (QED) is 0.180. The van der Waals surface area contributed by atoms with Crippen molar-refractivity contribution in [3.63, 3.8) is 0 Å². The summed E-state index contributed by atoms with van der Waals surface area (Å²) < 4.78 is 0. The Kier molecular flexibility index (Phi) is 10.1. The summed E-state index contributed by atoms with van der Waals surface area (Å²) >= 11 is 0. The van der Waals surface area contributed by atoms with Crippen molar-refractivity contribution < 1.29 is 34.2 Å². The lowest BCUT2D eigenvalue weighted by Gasteiger charge is -2.24. The third-order valence-electron chi connectivity index (χ3n) is 4.10. The number of carbonyl (C=O) groups excluding carboxylic acids is 3. The number of carboxylic acid groups (broad SMARTS) is 2. The number of aromatic nitrogens is 2. The second kappa shape index (κ2) is 12.3. The van der Waals surface area contributed by atoms with E-state index in [9.17, 15) is 24.0 Å². The predicted molar refractivity (Wildman–Crippen MR) is 106 cm³/mol. The van der Waals surface area contributed by atoms with E-state index in [0.717, 1.165) is 0 Å². The molecule has 8 N–H and O–H groups in total. The van der Waals surface area contributed by atoms with Gasteiger partial charge in [0.2, 0.25) is 17.7 Å². The number of nitrogens with two attached hydrogens (primary N) is 1. The third kappa shape index (κ3) is 9.71. The van der Waals surface area contributed by atoms with Gasteiger partial charge in [0.25, 0.3) is 0 Å². The maximum absolute atomic E-state index is 12.9. The van der Waals surface area contributed by atoms with Crippen LogP contribution in [-0.2, 0) is 30.4 Å². The fraction of sp³-hybridized carbons (Fsp3) is 0.556. The van der Waals surface area contributed by atoms with E-state index in [1.54, 1.807) is 0 Å². The Balaban J connectivity index is 2.96. The number of hydrogen-bond donors (Lipinski definition) is 7. The first-order valence-corrected chi connectivity index (χ1v) is 9.54. The minimum absolute atomic E-state index is 0.00878. The van der Waals surface area contributed by atoms with Gasteiger partial charge in [-0.25, -0.2) is 4.98 Å². The molecule has 0 saturated carbocycles. The van der Waals surface area contributed by atoms with Crippen LogP contribution in [0.4, 0.5) is 0 Å². The zero-order valence-corrected chi connectivity index (χ0v) is 17.3. The molecule has 3 atom stereocenters. The van der Waals surface area contributed by atoms with E-state index >= 15 is 0 Å². The van der Waals surface area contributed by atoms with Crippen LogP contribution in [-0.4, -0.2) is 74.5 Å². The molecule has 172 valence electrons. The molecule has 1 aromatic heterocycles. The first-order chi connectivity index (χ1) is 14.5.